The van der Waals surface area contributed by atoms with Crippen LogP contribution in [0.25, 0.3) is 0 Å². The Labute approximate surface area is 101 Å². The highest BCUT2D eigenvalue weighted by molar-refractivity contribution is 5.01. The van der Waals surface area contributed by atoms with E-state index in [0.717, 1.165) is 18.9 Å². The van der Waals surface area contributed by atoms with Crippen LogP contribution in [0.15, 0.2) is 0 Å². The summed E-state index contributed by atoms with van der Waals surface area (Å²) >= 11 is 0. The molecule has 96 valence electrons. The lowest BCUT2D eigenvalue weighted by Crippen LogP contribution is -2.16. The molecule has 1 fully saturated rings. The summed E-state index contributed by atoms with van der Waals surface area (Å²) in [7, 11) is 1.65. The van der Waals surface area contributed by atoms with Gasteiger partial charge in [0.05, 0.1) is 6.61 Å². The molecule has 2 heterocycles. The second-order valence-electron chi connectivity index (χ2n) is 4.33. The van der Waals surface area contributed by atoms with Gasteiger partial charge in [-0.05, 0) is 12.3 Å². The first-order valence-electron chi connectivity index (χ1n) is 5.91. The fraction of sp³-hybridized carbons (Fsp3) is 0.818. The Morgan fingerprint density at radius 1 is 1.53 bits per heavy atom. The summed E-state index contributed by atoms with van der Waals surface area (Å²) in [5.74, 6) is 1.81. The molecule has 1 aliphatic heterocycles. The van der Waals surface area contributed by atoms with E-state index in [9.17, 15) is 5.11 Å². The quantitative estimate of drug-likeness (QED) is 0.813. The molecule has 2 unspecified atom stereocenters. The Bertz CT molecular complexity index is 367. The third-order valence-corrected chi connectivity index (χ3v) is 3.16. The highest BCUT2D eigenvalue weighted by atomic mass is 16.5. The third kappa shape index (κ3) is 2.48. The zero-order valence-corrected chi connectivity index (χ0v) is 10.3. The zero-order chi connectivity index (χ0) is 12.3. The normalized spacial score (nSPS) is 24.4. The van der Waals surface area contributed by atoms with E-state index < -0.39 is 0 Å². The van der Waals surface area contributed by atoms with Crippen molar-refractivity contribution < 1.29 is 14.6 Å². The van der Waals surface area contributed by atoms with Crippen LogP contribution < -0.4 is 0 Å². The summed E-state index contributed by atoms with van der Waals surface area (Å²) in [5.41, 5.74) is 0. The molecule has 1 aromatic heterocycles. The SMILES string of the molecule is COCCn1c(CO)nnc1C1OCCC1C. The maximum atomic E-state index is 9.23. The van der Waals surface area contributed by atoms with Crippen LogP contribution in [0.2, 0.25) is 0 Å². The first kappa shape index (κ1) is 12.5. The van der Waals surface area contributed by atoms with Crippen molar-refractivity contribution in [2.75, 3.05) is 20.3 Å². The van der Waals surface area contributed by atoms with Gasteiger partial charge in [-0.25, -0.2) is 0 Å². The van der Waals surface area contributed by atoms with Crippen LogP contribution in [0, 0.1) is 5.92 Å². The number of aliphatic hydroxyl groups is 1. The summed E-state index contributed by atoms with van der Waals surface area (Å²) in [6.45, 7) is 4.00. The van der Waals surface area contributed by atoms with Crippen LogP contribution in [0.4, 0.5) is 0 Å². The number of aliphatic hydroxyl groups excluding tert-OH is 1. The van der Waals surface area contributed by atoms with Crippen molar-refractivity contribution in [1.29, 1.82) is 0 Å². The summed E-state index contributed by atoms with van der Waals surface area (Å²) in [6.07, 6.45) is 1.02. The Balaban J connectivity index is 2.23. The standard InChI is InChI=1S/C11H19N3O3/c1-8-3-5-17-10(8)11-13-12-9(7-15)14(11)4-6-16-2/h8,10,15H,3-7H2,1-2H3. The van der Waals surface area contributed by atoms with Crippen molar-refractivity contribution in [3.05, 3.63) is 11.6 Å². The Hall–Kier alpha value is -0.980. The maximum Gasteiger partial charge on any atom is 0.162 e. The molecule has 0 bridgehead atoms. The van der Waals surface area contributed by atoms with Gasteiger partial charge in [-0.1, -0.05) is 6.92 Å². The smallest absolute Gasteiger partial charge is 0.162 e. The lowest BCUT2D eigenvalue weighted by Gasteiger charge is -2.16. The number of rotatable bonds is 5. The van der Waals surface area contributed by atoms with Gasteiger partial charge < -0.3 is 19.1 Å². The van der Waals surface area contributed by atoms with E-state index in [4.69, 9.17) is 9.47 Å². The van der Waals surface area contributed by atoms with E-state index in [1.807, 2.05) is 4.57 Å². The molecule has 1 saturated heterocycles. The number of nitrogens with zero attached hydrogens (tertiary/aromatic N) is 3. The van der Waals surface area contributed by atoms with Crippen LogP contribution in [-0.4, -0.2) is 40.2 Å². The molecule has 0 radical (unpaired) electrons. The van der Waals surface area contributed by atoms with Gasteiger partial charge in [0.25, 0.3) is 0 Å². The highest BCUT2D eigenvalue weighted by Crippen LogP contribution is 2.33. The number of aromatic nitrogens is 3. The molecule has 6 heteroatoms. The van der Waals surface area contributed by atoms with Gasteiger partial charge in [-0.15, -0.1) is 10.2 Å². The van der Waals surface area contributed by atoms with Gasteiger partial charge in [0, 0.05) is 20.3 Å². The molecule has 1 aromatic rings. The monoisotopic (exact) mass is 241 g/mol. The molecule has 0 amide bonds. The Morgan fingerprint density at radius 2 is 2.35 bits per heavy atom. The van der Waals surface area contributed by atoms with E-state index in [2.05, 4.69) is 17.1 Å². The molecular weight excluding hydrogens is 222 g/mol. The molecule has 0 aliphatic carbocycles. The number of ether oxygens (including phenoxy) is 2. The summed E-state index contributed by atoms with van der Waals surface area (Å²) in [6, 6.07) is 0. The van der Waals surface area contributed by atoms with Crippen molar-refractivity contribution in [3.63, 3.8) is 0 Å². The molecular formula is C11H19N3O3. The number of hydrogen-bond donors (Lipinski definition) is 1. The molecule has 0 aromatic carbocycles. The predicted molar refractivity (Wildman–Crippen MR) is 60.3 cm³/mol. The zero-order valence-electron chi connectivity index (χ0n) is 10.3. The topological polar surface area (TPSA) is 69.4 Å². The molecule has 0 saturated carbocycles. The third-order valence-electron chi connectivity index (χ3n) is 3.16. The average Bonchev–Trinajstić information content (AvgIpc) is 2.91. The molecule has 6 nitrogen and oxygen atoms in total. The van der Waals surface area contributed by atoms with Crippen LogP contribution in [0.3, 0.4) is 0 Å². The van der Waals surface area contributed by atoms with Gasteiger partial charge in [0.2, 0.25) is 0 Å². The van der Waals surface area contributed by atoms with Gasteiger partial charge in [-0.2, -0.15) is 0 Å². The van der Waals surface area contributed by atoms with E-state index in [1.165, 1.54) is 0 Å². The fourth-order valence-electron chi connectivity index (χ4n) is 2.13. The van der Waals surface area contributed by atoms with E-state index in [0.29, 0.717) is 24.9 Å². The minimum absolute atomic E-state index is 0.0142. The lowest BCUT2D eigenvalue weighted by atomic mass is 10.0. The van der Waals surface area contributed by atoms with Crippen molar-refractivity contribution in [2.45, 2.75) is 32.6 Å². The minimum Gasteiger partial charge on any atom is -0.388 e. The van der Waals surface area contributed by atoms with Gasteiger partial charge in [-0.3, -0.25) is 0 Å². The van der Waals surface area contributed by atoms with Gasteiger partial charge in [0.15, 0.2) is 11.6 Å². The van der Waals surface area contributed by atoms with E-state index in [-0.39, 0.29) is 12.7 Å². The van der Waals surface area contributed by atoms with Crippen molar-refractivity contribution >= 4 is 0 Å². The largest absolute Gasteiger partial charge is 0.388 e. The van der Waals surface area contributed by atoms with Crippen molar-refractivity contribution in [1.82, 2.24) is 14.8 Å². The second kappa shape index (κ2) is 5.57. The first-order valence-corrected chi connectivity index (χ1v) is 5.91. The summed E-state index contributed by atoms with van der Waals surface area (Å²) in [5, 5.41) is 17.4. The van der Waals surface area contributed by atoms with Crippen LogP contribution in [-0.2, 0) is 22.6 Å². The molecule has 2 atom stereocenters. The summed E-state index contributed by atoms with van der Waals surface area (Å²) < 4.78 is 12.6. The minimum atomic E-state index is -0.113. The molecule has 0 spiro atoms. The number of methoxy groups -OCH3 is 1. The van der Waals surface area contributed by atoms with Gasteiger partial charge >= 0.3 is 0 Å². The fourth-order valence-corrected chi connectivity index (χ4v) is 2.13. The Kier molecular flexibility index (Phi) is 4.09. The first-order chi connectivity index (χ1) is 8.27. The highest BCUT2D eigenvalue weighted by Gasteiger charge is 2.31. The van der Waals surface area contributed by atoms with Crippen molar-refractivity contribution in [2.24, 2.45) is 5.92 Å². The van der Waals surface area contributed by atoms with Crippen LogP contribution >= 0.6 is 0 Å². The molecule has 2 rings (SSSR count). The molecule has 17 heavy (non-hydrogen) atoms. The average molecular weight is 241 g/mol. The van der Waals surface area contributed by atoms with Crippen LogP contribution in [0.1, 0.15) is 31.1 Å². The van der Waals surface area contributed by atoms with E-state index in [1.54, 1.807) is 7.11 Å². The van der Waals surface area contributed by atoms with Crippen LogP contribution in [0.5, 0.6) is 0 Å². The van der Waals surface area contributed by atoms with Gasteiger partial charge in [0.1, 0.15) is 12.7 Å². The summed E-state index contributed by atoms with van der Waals surface area (Å²) in [4.78, 5) is 0. The van der Waals surface area contributed by atoms with Crippen molar-refractivity contribution in [3.8, 4) is 0 Å². The number of hydrogen-bond acceptors (Lipinski definition) is 5. The molecule has 1 N–H and O–H groups in total. The maximum absolute atomic E-state index is 9.23. The predicted octanol–water partition coefficient (Wildman–Crippen LogP) is 0.514. The van der Waals surface area contributed by atoms with E-state index >= 15 is 0 Å². The second-order valence-corrected chi connectivity index (χ2v) is 4.33. The Morgan fingerprint density at radius 3 is 2.94 bits per heavy atom. The molecule has 1 aliphatic rings. The lowest BCUT2D eigenvalue weighted by molar-refractivity contribution is 0.0814.